The van der Waals surface area contributed by atoms with Crippen LogP contribution in [-0.4, -0.2) is 44.3 Å². The summed E-state index contributed by atoms with van der Waals surface area (Å²) in [5.74, 6) is 0.480. The number of rotatable bonds is 5. The second-order valence-electron chi connectivity index (χ2n) is 9.27. The van der Waals surface area contributed by atoms with E-state index in [4.69, 9.17) is 0 Å². The van der Waals surface area contributed by atoms with Crippen molar-refractivity contribution >= 4 is 22.8 Å². The van der Waals surface area contributed by atoms with Crippen LogP contribution in [0, 0.1) is 19.8 Å². The first kappa shape index (κ1) is 22.8. The normalized spacial score (nSPS) is 15.8. The van der Waals surface area contributed by atoms with Gasteiger partial charge in [-0.25, -0.2) is 9.97 Å². The minimum absolute atomic E-state index is 0.00386. The fourth-order valence-corrected chi connectivity index (χ4v) is 4.90. The van der Waals surface area contributed by atoms with E-state index in [0.29, 0.717) is 25.2 Å². The van der Waals surface area contributed by atoms with Crippen LogP contribution in [0.1, 0.15) is 39.9 Å². The van der Waals surface area contributed by atoms with Crippen molar-refractivity contribution in [3.05, 3.63) is 89.4 Å². The van der Waals surface area contributed by atoms with Crippen LogP contribution in [0.5, 0.6) is 0 Å². The zero-order chi connectivity index (χ0) is 24.4. The van der Waals surface area contributed by atoms with Gasteiger partial charge in [0.1, 0.15) is 12.1 Å². The van der Waals surface area contributed by atoms with Crippen LogP contribution in [0.3, 0.4) is 0 Å². The number of amides is 2. The van der Waals surface area contributed by atoms with Crippen LogP contribution >= 0.6 is 0 Å². The number of imidazole rings is 1. The molecular weight excluding hydrogens is 438 g/mol. The Morgan fingerprint density at radius 1 is 1.03 bits per heavy atom. The summed E-state index contributed by atoms with van der Waals surface area (Å²) in [6.45, 7) is 5.46. The van der Waals surface area contributed by atoms with Crippen molar-refractivity contribution in [3.8, 4) is 5.82 Å². The van der Waals surface area contributed by atoms with E-state index in [1.165, 1.54) is 0 Å². The molecule has 35 heavy (non-hydrogen) atoms. The number of nitrogens with one attached hydrogen (secondary N) is 1. The Balaban J connectivity index is 1.27. The Bertz CT molecular complexity index is 1370. The largest absolute Gasteiger partial charge is 0.352 e. The van der Waals surface area contributed by atoms with Gasteiger partial charge in [0.05, 0.1) is 17.0 Å². The number of hydrogen-bond acceptors (Lipinski definition) is 4. The van der Waals surface area contributed by atoms with Gasteiger partial charge in [-0.3, -0.25) is 14.2 Å². The molecule has 7 nitrogen and oxygen atoms in total. The first-order chi connectivity index (χ1) is 17.0. The van der Waals surface area contributed by atoms with Gasteiger partial charge < -0.3 is 10.2 Å². The molecule has 0 radical (unpaired) electrons. The third kappa shape index (κ3) is 4.80. The number of benzene rings is 2. The molecule has 1 fully saturated rings. The van der Waals surface area contributed by atoms with Crippen LogP contribution in [-0.2, 0) is 11.3 Å². The number of piperidine rings is 1. The number of carbonyl (C=O) groups excluding carboxylic acids is 2. The van der Waals surface area contributed by atoms with E-state index >= 15 is 0 Å². The molecule has 5 rings (SSSR count). The molecule has 1 atom stereocenters. The lowest BCUT2D eigenvalue weighted by atomic mass is 9.96. The summed E-state index contributed by atoms with van der Waals surface area (Å²) < 4.78 is 1.95. The van der Waals surface area contributed by atoms with Crippen molar-refractivity contribution in [3.63, 3.8) is 0 Å². The zero-order valence-corrected chi connectivity index (χ0v) is 20.1. The highest BCUT2D eigenvalue weighted by Gasteiger charge is 2.29. The Morgan fingerprint density at radius 2 is 1.83 bits per heavy atom. The van der Waals surface area contributed by atoms with Crippen molar-refractivity contribution in [1.82, 2.24) is 24.8 Å². The van der Waals surface area contributed by atoms with Crippen LogP contribution in [0.2, 0.25) is 0 Å². The van der Waals surface area contributed by atoms with E-state index < -0.39 is 0 Å². The van der Waals surface area contributed by atoms with Gasteiger partial charge in [0.15, 0.2) is 0 Å². The molecule has 2 amide bonds. The van der Waals surface area contributed by atoms with Gasteiger partial charge in [-0.05, 0) is 57.0 Å². The van der Waals surface area contributed by atoms with Crippen molar-refractivity contribution < 1.29 is 9.59 Å². The fraction of sp³-hybridized carbons (Fsp3) is 0.286. The zero-order valence-electron chi connectivity index (χ0n) is 20.1. The summed E-state index contributed by atoms with van der Waals surface area (Å²) in [6.07, 6.45) is 5.09. The lowest BCUT2D eigenvalue weighted by Crippen LogP contribution is -2.45. The summed E-state index contributed by atoms with van der Waals surface area (Å²) in [6, 6.07) is 17.6. The molecule has 1 aliphatic rings. The molecule has 1 N–H and O–H groups in total. The highest BCUT2D eigenvalue weighted by atomic mass is 16.2. The number of aryl methyl sites for hydroxylation is 2. The second kappa shape index (κ2) is 9.70. The summed E-state index contributed by atoms with van der Waals surface area (Å²) in [5.41, 5.74) is 5.59. The highest BCUT2D eigenvalue weighted by molar-refractivity contribution is 5.95. The molecule has 0 saturated carbocycles. The van der Waals surface area contributed by atoms with E-state index in [9.17, 15) is 9.59 Å². The minimum Gasteiger partial charge on any atom is -0.352 e. The van der Waals surface area contributed by atoms with Crippen LogP contribution in [0.15, 0.2) is 67.1 Å². The first-order valence-corrected chi connectivity index (χ1v) is 12.0. The summed E-state index contributed by atoms with van der Waals surface area (Å²) in [7, 11) is 0. The Hall–Kier alpha value is -4.00. The molecule has 4 aromatic rings. The Labute approximate surface area is 204 Å². The maximum absolute atomic E-state index is 13.1. The van der Waals surface area contributed by atoms with Crippen molar-refractivity contribution in [2.24, 2.45) is 5.92 Å². The number of para-hydroxylation sites is 2. The molecule has 7 heteroatoms. The topological polar surface area (TPSA) is 80.1 Å². The summed E-state index contributed by atoms with van der Waals surface area (Å²) in [4.78, 5) is 37.1. The van der Waals surface area contributed by atoms with Gasteiger partial charge in [-0.1, -0.05) is 35.4 Å². The fourth-order valence-electron chi connectivity index (χ4n) is 4.90. The molecule has 0 spiro atoms. The number of aromatic nitrogens is 3. The molecule has 1 saturated heterocycles. The SMILES string of the molecule is Cc1cc(C)cc(C(=O)N2CCCC(C(=O)NCc3cccnc3-n3cnc4ccccc43)C2)c1. The third-order valence-electron chi connectivity index (χ3n) is 6.55. The lowest BCUT2D eigenvalue weighted by Gasteiger charge is -2.32. The average molecular weight is 468 g/mol. The molecule has 0 aliphatic carbocycles. The van der Waals surface area contributed by atoms with E-state index in [1.54, 1.807) is 12.5 Å². The van der Waals surface area contributed by atoms with E-state index in [0.717, 1.165) is 46.4 Å². The summed E-state index contributed by atoms with van der Waals surface area (Å²) in [5, 5.41) is 3.09. The number of nitrogens with zero attached hydrogens (tertiary/aromatic N) is 4. The predicted molar refractivity (Wildman–Crippen MR) is 135 cm³/mol. The first-order valence-electron chi connectivity index (χ1n) is 12.0. The van der Waals surface area contributed by atoms with Crippen molar-refractivity contribution in [2.45, 2.75) is 33.2 Å². The molecule has 1 unspecified atom stereocenters. The number of hydrogen-bond donors (Lipinski definition) is 1. The standard InChI is InChI=1S/C28H29N5O2/c1-19-13-20(2)15-23(14-19)28(35)32-12-6-8-22(17-32)27(34)30-16-21-7-5-11-29-26(21)33-18-31-24-9-3-4-10-25(24)33/h3-5,7,9-11,13-15,18,22H,6,8,12,16-17H2,1-2H3,(H,30,34). The van der Waals surface area contributed by atoms with E-state index in [-0.39, 0.29) is 17.7 Å². The molecule has 2 aromatic heterocycles. The number of carbonyl (C=O) groups is 2. The van der Waals surface area contributed by atoms with E-state index in [2.05, 4.69) is 21.4 Å². The lowest BCUT2D eigenvalue weighted by molar-refractivity contribution is -0.126. The molecule has 0 bridgehead atoms. The minimum atomic E-state index is -0.229. The molecule has 3 heterocycles. The van der Waals surface area contributed by atoms with Crippen LogP contribution < -0.4 is 5.32 Å². The second-order valence-corrected chi connectivity index (χ2v) is 9.27. The van der Waals surface area contributed by atoms with Gasteiger partial charge in [0.2, 0.25) is 5.91 Å². The van der Waals surface area contributed by atoms with Gasteiger partial charge in [-0.2, -0.15) is 0 Å². The third-order valence-corrected chi connectivity index (χ3v) is 6.55. The van der Waals surface area contributed by atoms with Gasteiger partial charge in [-0.15, -0.1) is 0 Å². The Morgan fingerprint density at radius 3 is 2.66 bits per heavy atom. The van der Waals surface area contributed by atoms with Crippen LogP contribution in [0.25, 0.3) is 16.9 Å². The molecule has 1 aliphatic heterocycles. The maximum Gasteiger partial charge on any atom is 0.253 e. The quantitative estimate of drug-likeness (QED) is 0.477. The van der Waals surface area contributed by atoms with Crippen molar-refractivity contribution in [2.75, 3.05) is 13.1 Å². The van der Waals surface area contributed by atoms with E-state index in [1.807, 2.05) is 71.8 Å². The predicted octanol–water partition coefficient (Wildman–Crippen LogP) is 4.21. The molecular formula is C28H29N5O2. The summed E-state index contributed by atoms with van der Waals surface area (Å²) >= 11 is 0. The molecule has 2 aromatic carbocycles. The number of likely N-dealkylation sites (tertiary alicyclic amines) is 1. The Kier molecular flexibility index (Phi) is 6.31. The average Bonchev–Trinajstić information content (AvgIpc) is 3.30. The maximum atomic E-state index is 13.1. The van der Waals surface area contributed by atoms with Gasteiger partial charge >= 0.3 is 0 Å². The smallest absolute Gasteiger partial charge is 0.253 e. The van der Waals surface area contributed by atoms with Gasteiger partial charge in [0.25, 0.3) is 5.91 Å². The monoisotopic (exact) mass is 467 g/mol. The van der Waals surface area contributed by atoms with Crippen LogP contribution in [0.4, 0.5) is 0 Å². The van der Waals surface area contributed by atoms with Crippen molar-refractivity contribution in [1.29, 1.82) is 0 Å². The van der Waals surface area contributed by atoms with Gasteiger partial charge in [0, 0.05) is 37.0 Å². The highest BCUT2D eigenvalue weighted by Crippen LogP contribution is 2.22. The number of pyridine rings is 1. The molecule has 178 valence electrons. The number of fused-ring (bicyclic) bond motifs is 1.